The summed E-state index contributed by atoms with van der Waals surface area (Å²) in [4.78, 5) is 11.6. The Morgan fingerprint density at radius 2 is 2.00 bits per heavy atom. The molecular weight excluding hydrogens is 396 g/mol. The lowest BCUT2D eigenvalue weighted by molar-refractivity contribution is -0.147. The van der Waals surface area contributed by atoms with Gasteiger partial charge in [0.1, 0.15) is 5.75 Å². The van der Waals surface area contributed by atoms with Gasteiger partial charge in [-0.15, -0.1) is 0 Å². The van der Waals surface area contributed by atoms with Crippen LogP contribution in [-0.2, 0) is 19.0 Å². The minimum atomic E-state index is -0.520. The normalized spacial score (nSPS) is 21.4. The maximum Gasteiger partial charge on any atom is 0.308 e. The van der Waals surface area contributed by atoms with E-state index in [0.29, 0.717) is 25.4 Å². The molecule has 0 saturated carbocycles. The van der Waals surface area contributed by atoms with Crippen molar-refractivity contribution in [1.29, 1.82) is 0 Å². The summed E-state index contributed by atoms with van der Waals surface area (Å²) in [7, 11) is 3.04. The van der Waals surface area contributed by atoms with Crippen LogP contribution in [0, 0.1) is 5.92 Å². The fraction of sp³-hybridized carbons (Fsp3) is 0.720. The third kappa shape index (κ3) is 8.43. The molecule has 1 aromatic carbocycles. The second kappa shape index (κ2) is 12.4. The van der Waals surface area contributed by atoms with E-state index < -0.39 is 11.7 Å². The summed E-state index contributed by atoms with van der Waals surface area (Å²) in [6, 6.07) is 8.05. The predicted molar refractivity (Wildman–Crippen MR) is 120 cm³/mol. The van der Waals surface area contributed by atoms with Gasteiger partial charge >= 0.3 is 5.97 Å². The van der Waals surface area contributed by atoms with Gasteiger partial charge < -0.3 is 24.1 Å². The lowest BCUT2D eigenvalue weighted by Gasteiger charge is -2.30. The van der Waals surface area contributed by atoms with Crippen LogP contribution in [0.15, 0.2) is 24.3 Å². The molecular formula is C25H40O6. The zero-order chi connectivity index (χ0) is 22.9. The summed E-state index contributed by atoms with van der Waals surface area (Å²) in [5.74, 6) is 1.06. The molecule has 0 spiro atoms. The maximum atomic E-state index is 11.6. The van der Waals surface area contributed by atoms with E-state index in [-0.39, 0.29) is 18.2 Å². The highest BCUT2D eigenvalue weighted by Crippen LogP contribution is 2.34. The van der Waals surface area contributed by atoms with Crippen molar-refractivity contribution >= 4 is 5.97 Å². The number of rotatable bonds is 12. The van der Waals surface area contributed by atoms with Crippen LogP contribution in [-0.4, -0.2) is 49.7 Å². The molecule has 1 aromatic rings. The highest BCUT2D eigenvalue weighted by molar-refractivity contribution is 5.69. The van der Waals surface area contributed by atoms with Crippen molar-refractivity contribution in [3.05, 3.63) is 29.8 Å². The number of hydrogen-bond donors (Lipinski definition) is 1. The largest absolute Gasteiger partial charge is 0.494 e. The molecule has 0 amide bonds. The molecule has 0 aromatic heterocycles. The average Bonchev–Trinajstić information content (AvgIpc) is 2.77. The van der Waals surface area contributed by atoms with Gasteiger partial charge in [-0.1, -0.05) is 19.1 Å². The van der Waals surface area contributed by atoms with E-state index in [1.807, 2.05) is 32.0 Å². The summed E-state index contributed by atoms with van der Waals surface area (Å²) >= 11 is 0. The van der Waals surface area contributed by atoms with Gasteiger partial charge in [0, 0.05) is 7.11 Å². The van der Waals surface area contributed by atoms with Crippen molar-refractivity contribution in [2.24, 2.45) is 5.92 Å². The lowest BCUT2D eigenvalue weighted by Crippen LogP contribution is -2.38. The highest BCUT2D eigenvalue weighted by Gasteiger charge is 2.27. The topological polar surface area (TPSA) is 74.2 Å². The first-order chi connectivity index (χ1) is 14.7. The van der Waals surface area contributed by atoms with Crippen LogP contribution in [0.3, 0.4) is 0 Å². The smallest absolute Gasteiger partial charge is 0.308 e. The number of carbonyl (C=O) groups is 1. The van der Waals surface area contributed by atoms with Crippen LogP contribution < -0.4 is 4.74 Å². The molecule has 1 aliphatic heterocycles. The first kappa shape index (κ1) is 25.6. The highest BCUT2D eigenvalue weighted by atomic mass is 16.5. The second-order valence-corrected chi connectivity index (χ2v) is 9.17. The van der Waals surface area contributed by atoms with E-state index in [1.165, 1.54) is 7.11 Å². The number of ether oxygens (including phenoxy) is 4. The Hall–Kier alpha value is -1.63. The number of hydrogen-bond acceptors (Lipinski definition) is 6. The number of methoxy groups -OCH3 is 2. The SMILES string of the molecule is COC(=O)C[C@@H]1CCC[C@H](c2cccc(OCC[C@@H](C)CC[C@@H](O)C(C)(C)OC)c2)O1. The first-order valence-electron chi connectivity index (χ1n) is 11.4. The molecule has 0 aliphatic carbocycles. The third-order valence-electron chi connectivity index (χ3n) is 6.34. The Balaban J connectivity index is 1.78. The Morgan fingerprint density at radius 1 is 1.23 bits per heavy atom. The number of aliphatic hydroxyl groups is 1. The fourth-order valence-corrected chi connectivity index (χ4v) is 3.82. The van der Waals surface area contributed by atoms with Crippen molar-refractivity contribution in [2.75, 3.05) is 20.8 Å². The Bertz CT molecular complexity index is 674. The molecule has 1 aliphatic rings. The van der Waals surface area contributed by atoms with Gasteiger partial charge in [0.25, 0.3) is 0 Å². The fourth-order valence-electron chi connectivity index (χ4n) is 3.82. The molecule has 176 valence electrons. The second-order valence-electron chi connectivity index (χ2n) is 9.17. The Labute approximate surface area is 187 Å². The van der Waals surface area contributed by atoms with Crippen LogP contribution in [0.1, 0.15) is 77.4 Å². The molecule has 4 atom stereocenters. The van der Waals surface area contributed by atoms with Crippen LogP contribution in [0.5, 0.6) is 5.75 Å². The van der Waals surface area contributed by atoms with Gasteiger partial charge in [0.2, 0.25) is 0 Å². The molecule has 1 saturated heterocycles. The molecule has 1 N–H and O–H groups in total. The van der Waals surface area contributed by atoms with Gasteiger partial charge in [-0.2, -0.15) is 0 Å². The first-order valence-corrected chi connectivity index (χ1v) is 11.4. The Morgan fingerprint density at radius 3 is 2.71 bits per heavy atom. The minimum Gasteiger partial charge on any atom is -0.494 e. The van der Waals surface area contributed by atoms with Crippen molar-refractivity contribution in [1.82, 2.24) is 0 Å². The molecule has 0 bridgehead atoms. The minimum absolute atomic E-state index is 0.0171. The van der Waals surface area contributed by atoms with Crippen molar-refractivity contribution in [2.45, 2.75) is 89.6 Å². The van der Waals surface area contributed by atoms with Crippen molar-refractivity contribution in [3.8, 4) is 5.75 Å². The van der Waals surface area contributed by atoms with E-state index in [4.69, 9.17) is 18.9 Å². The van der Waals surface area contributed by atoms with E-state index in [9.17, 15) is 9.90 Å². The number of aliphatic hydroxyl groups excluding tert-OH is 1. The molecule has 2 rings (SSSR count). The van der Waals surface area contributed by atoms with Crippen LogP contribution in [0.4, 0.5) is 0 Å². The lowest BCUT2D eigenvalue weighted by atomic mass is 9.92. The van der Waals surface area contributed by atoms with E-state index >= 15 is 0 Å². The molecule has 0 unspecified atom stereocenters. The standard InChI is InChI=1S/C25H40O6/c1-18(12-13-23(26)25(2,3)29-5)14-15-30-20-9-6-8-19(16-20)22-11-7-10-21(31-22)17-24(27)28-4/h6,8-9,16,18,21-23,26H,7,10-15,17H2,1-5H3/t18-,21-,22+,23+/m0/s1. The molecule has 6 nitrogen and oxygen atoms in total. The molecule has 31 heavy (non-hydrogen) atoms. The zero-order valence-corrected chi connectivity index (χ0v) is 19.8. The Kier molecular flexibility index (Phi) is 10.3. The van der Waals surface area contributed by atoms with Gasteiger partial charge in [-0.3, -0.25) is 4.79 Å². The van der Waals surface area contributed by atoms with E-state index in [2.05, 4.69) is 13.0 Å². The van der Waals surface area contributed by atoms with Gasteiger partial charge in [-0.25, -0.2) is 0 Å². The van der Waals surface area contributed by atoms with E-state index in [0.717, 1.165) is 43.4 Å². The van der Waals surface area contributed by atoms with Gasteiger partial charge in [0.15, 0.2) is 0 Å². The molecule has 1 fully saturated rings. The van der Waals surface area contributed by atoms with E-state index in [1.54, 1.807) is 7.11 Å². The average molecular weight is 437 g/mol. The molecule has 0 radical (unpaired) electrons. The molecule has 6 heteroatoms. The predicted octanol–water partition coefficient (Wildman–Crippen LogP) is 4.83. The third-order valence-corrected chi connectivity index (χ3v) is 6.34. The summed E-state index contributed by atoms with van der Waals surface area (Å²) in [6.45, 7) is 6.63. The number of carbonyl (C=O) groups excluding carboxylic acids is 1. The summed E-state index contributed by atoms with van der Waals surface area (Å²) < 4.78 is 22.3. The van der Waals surface area contributed by atoms with Crippen LogP contribution in [0.2, 0.25) is 0 Å². The summed E-state index contributed by atoms with van der Waals surface area (Å²) in [5.41, 5.74) is 0.568. The molecule has 1 heterocycles. The number of esters is 1. The van der Waals surface area contributed by atoms with Crippen molar-refractivity contribution in [3.63, 3.8) is 0 Å². The van der Waals surface area contributed by atoms with Crippen molar-refractivity contribution < 1.29 is 28.8 Å². The van der Waals surface area contributed by atoms with Gasteiger partial charge in [0.05, 0.1) is 44.1 Å². The summed E-state index contributed by atoms with van der Waals surface area (Å²) in [5, 5.41) is 10.3. The van der Waals surface area contributed by atoms with Crippen LogP contribution >= 0.6 is 0 Å². The zero-order valence-electron chi connectivity index (χ0n) is 19.8. The quantitative estimate of drug-likeness (QED) is 0.473. The maximum absolute atomic E-state index is 11.6. The number of benzene rings is 1. The van der Waals surface area contributed by atoms with Crippen LogP contribution in [0.25, 0.3) is 0 Å². The van der Waals surface area contributed by atoms with Gasteiger partial charge in [-0.05, 0) is 76.0 Å². The monoisotopic (exact) mass is 436 g/mol. The summed E-state index contributed by atoms with van der Waals surface area (Å²) in [6.07, 6.45) is 5.14.